The third-order valence-electron chi connectivity index (χ3n) is 4.29. The highest BCUT2D eigenvalue weighted by atomic mass is 16.5. The molecule has 1 atom stereocenters. The Kier molecular flexibility index (Phi) is 5.37. The van der Waals surface area contributed by atoms with Crippen LogP contribution in [-0.2, 0) is 14.3 Å². The van der Waals surface area contributed by atoms with E-state index in [1.807, 2.05) is 0 Å². The van der Waals surface area contributed by atoms with Gasteiger partial charge in [0.05, 0.1) is 13.2 Å². The minimum Gasteiger partial charge on any atom is -0.481 e. The van der Waals surface area contributed by atoms with Crippen LogP contribution in [0.3, 0.4) is 0 Å². The lowest BCUT2D eigenvalue weighted by Crippen LogP contribution is -2.46. The molecule has 0 aromatic carbocycles. The van der Waals surface area contributed by atoms with Crippen LogP contribution in [0.1, 0.15) is 19.8 Å². The highest BCUT2D eigenvalue weighted by molar-refractivity contribution is 5.96. The first kappa shape index (κ1) is 15.3. The molecule has 2 rings (SSSR count). The van der Waals surface area contributed by atoms with Crippen molar-refractivity contribution < 1.29 is 19.4 Å². The predicted octanol–water partition coefficient (Wildman–Crippen LogP) is 0.278. The zero-order valence-corrected chi connectivity index (χ0v) is 12.1. The Hall–Kier alpha value is -1.14. The molecular formula is C14H24N2O4. The zero-order valence-electron chi connectivity index (χ0n) is 12.1. The van der Waals surface area contributed by atoms with Gasteiger partial charge in [0.15, 0.2) is 0 Å². The number of hydrogen-bond acceptors (Lipinski definition) is 4. The van der Waals surface area contributed by atoms with E-state index >= 15 is 0 Å². The maximum absolute atomic E-state index is 12.0. The molecule has 1 amide bonds. The van der Waals surface area contributed by atoms with Gasteiger partial charge in [0.25, 0.3) is 0 Å². The summed E-state index contributed by atoms with van der Waals surface area (Å²) in [4.78, 5) is 26.9. The number of piperidine rings is 1. The third kappa shape index (κ3) is 3.93. The number of rotatable bonds is 4. The molecule has 2 heterocycles. The summed E-state index contributed by atoms with van der Waals surface area (Å²) in [5.41, 5.74) is 0. The molecule has 1 N–H and O–H groups in total. The fourth-order valence-electron chi connectivity index (χ4n) is 2.86. The van der Waals surface area contributed by atoms with E-state index in [9.17, 15) is 9.59 Å². The average molecular weight is 284 g/mol. The minimum absolute atomic E-state index is 0.248. The summed E-state index contributed by atoms with van der Waals surface area (Å²) >= 11 is 0. The Labute approximate surface area is 119 Å². The van der Waals surface area contributed by atoms with Gasteiger partial charge in [0.1, 0.15) is 5.92 Å². The number of carbonyl (C=O) groups is 2. The Morgan fingerprint density at radius 3 is 2.35 bits per heavy atom. The molecule has 2 saturated heterocycles. The maximum atomic E-state index is 12.0. The van der Waals surface area contributed by atoms with Crippen molar-refractivity contribution in [3.05, 3.63) is 0 Å². The van der Waals surface area contributed by atoms with Gasteiger partial charge < -0.3 is 14.7 Å². The zero-order chi connectivity index (χ0) is 14.5. The van der Waals surface area contributed by atoms with Crippen molar-refractivity contribution in [2.45, 2.75) is 19.8 Å². The predicted molar refractivity (Wildman–Crippen MR) is 73.4 cm³/mol. The summed E-state index contributed by atoms with van der Waals surface area (Å²) in [7, 11) is 0. The second-order valence-electron chi connectivity index (χ2n) is 5.74. The number of likely N-dealkylation sites (tertiary alicyclic amines) is 1. The van der Waals surface area contributed by atoms with Gasteiger partial charge in [-0.15, -0.1) is 0 Å². The van der Waals surface area contributed by atoms with Crippen molar-refractivity contribution in [1.82, 2.24) is 9.80 Å². The van der Waals surface area contributed by atoms with Crippen LogP contribution in [-0.4, -0.2) is 72.7 Å². The number of carboxylic acids is 1. The highest BCUT2D eigenvalue weighted by Gasteiger charge is 2.30. The topological polar surface area (TPSA) is 70.1 Å². The van der Waals surface area contributed by atoms with Gasteiger partial charge in [-0.3, -0.25) is 14.5 Å². The SMILES string of the molecule is CC(C(=O)O)C(=O)N1CCC(CN2CCOCC2)CC1. The summed E-state index contributed by atoms with van der Waals surface area (Å²) in [6, 6.07) is 0. The van der Waals surface area contributed by atoms with E-state index in [-0.39, 0.29) is 5.91 Å². The molecule has 0 aliphatic carbocycles. The first-order valence-corrected chi connectivity index (χ1v) is 7.39. The van der Waals surface area contributed by atoms with Crippen molar-refractivity contribution in [1.29, 1.82) is 0 Å². The smallest absolute Gasteiger partial charge is 0.315 e. The molecule has 2 aliphatic heterocycles. The van der Waals surface area contributed by atoms with E-state index in [1.165, 1.54) is 6.92 Å². The largest absolute Gasteiger partial charge is 0.481 e. The lowest BCUT2D eigenvalue weighted by molar-refractivity contribution is -0.151. The monoisotopic (exact) mass is 284 g/mol. The van der Waals surface area contributed by atoms with Crippen molar-refractivity contribution >= 4 is 11.9 Å². The number of ether oxygens (including phenoxy) is 1. The summed E-state index contributed by atoms with van der Waals surface area (Å²) < 4.78 is 5.34. The van der Waals surface area contributed by atoms with Crippen molar-refractivity contribution in [2.24, 2.45) is 11.8 Å². The molecule has 0 saturated carbocycles. The van der Waals surface area contributed by atoms with E-state index < -0.39 is 11.9 Å². The average Bonchev–Trinajstić information content (AvgIpc) is 2.47. The van der Waals surface area contributed by atoms with Crippen LogP contribution in [0.5, 0.6) is 0 Å². The summed E-state index contributed by atoms with van der Waals surface area (Å²) in [6.45, 7) is 7.52. The lowest BCUT2D eigenvalue weighted by atomic mass is 9.95. The van der Waals surface area contributed by atoms with Crippen molar-refractivity contribution in [3.8, 4) is 0 Å². The molecule has 0 radical (unpaired) electrons. The van der Waals surface area contributed by atoms with Crippen molar-refractivity contribution in [2.75, 3.05) is 45.9 Å². The second kappa shape index (κ2) is 7.04. The molecule has 0 bridgehead atoms. The highest BCUT2D eigenvalue weighted by Crippen LogP contribution is 2.20. The first-order chi connectivity index (χ1) is 9.58. The van der Waals surface area contributed by atoms with Gasteiger partial charge in [-0.05, 0) is 25.7 Å². The minimum atomic E-state index is -1.04. The van der Waals surface area contributed by atoms with E-state index in [4.69, 9.17) is 9.84 Å². The Morgan fingerprint density at radius 1 is 1.20 bits per heavy atom. The molecule has 6 nitrogen and oxygen atoms in total. The fraction of sp³-hybridized carbons (Fsp3) is 0.857. The second-order valence-corrected chi connectivity index (χ2v) is 5.74. The number of morpholine rings is 1. The normalized spacial score (nSPS) is 23.6. The summed E-state index contributed by atoms with van der Waals surface area (Å²) in [5, 5.41) is 8.89. The number of nitrogens with zero attached hydrogens (tertiary/aromatic N) is 2. The van der Waals surface area contributed by atoms with Gasteiger partial charge in [-0.1, -0.05) is 0 Å². The van der Waals surface area contributed by atoms with E-state index in [0.29, 0.717) is 19.0 Å². The van der Waals surface area contributed by atoms with Crippen LogP contribution >= 0.6 is 0 Å². The van der Waals surface area contributed by atoms with Gasteiger partial charge in [-0.2, -0.15) is 0 Å². The molecule has 0 spiro atoms. The molecule has 114 valence electrons. The third-order valence-corrected chi connectivity index (χ3v) is 4.29. The summed E-state index contributed by atoms with van der Waals surface area (Å²) in [5.74, 6) is -1.60. The Morgan fingerprint density at radius 2 is 1.80 bits per heavy atom. The lowest BCUT2D eigenvalue weighted by Gasteiger charge is -2.36. The standard InChI is InChI=1S/C14H24N2O4/c1-11(14(18)19)13(17)16-4-2-12(3-5-16)10-15-6-8-20-9-7-15/h11-12H,2-10H2,1H3,(H,18,19). The van der Waals surface area contributed by atoms with Gasteiger partial charge >= 0.3 is 5.97 Å². The fourth-order valence-corrected chi connectivity index (χ4v) is 2.86. The summed E-state index contributed by atoms with van der Waals surface area (Å²) in [6.07, 6.45) is 1.94. The maximum Gasteiger partial charge on any atom is 0.315 e. The quantitative estimate of drug-likeness (QED) is 0.751. The van der Waals surface area contributed by atoms with Crippen LogP contribution < -0.4 is 0 Å². The van der Waals surface area contributed by atoms with Crippen LogP contribution in [0.4, 0.5) is 0 Å². The number of hydrogen-bond donors (Lipinski definition) is 1. The van der Waals surface area contributed by atoms with Crippen LogP contribution in [0, 0.1) is 11.8 Å². The van der Waals surface area contributed by atoms with Crippen molar-refractivity contribution in [3.63, 3.8) is 0 Å². The molecule has 1 unspecified atom stereocenters. The number of carbonyl (C=O) groups excluding carboxylic acids is 1. The van der Waals surface area contributed by atoms with Gasteiger partial charge in [0, 0.05) is 32.7 Å². The van der Waals surface area contributed by atoms with E-state index in [1.54, 1.807) is 4.90 Å². The molecular weight excluding hydrogens is 260 g/mol. The van der Waals surface area contributed by atoms with Crippen LogP contribution in [0.15, 0.2) is 0 Å². The van der Waals surface area contributed by atoms with E-state index in [2.05, 4.69) is 4.90 Å². The molecule has 0 aromatic rings. The van der Waals surface area contributed by atoms with Gasteiger partial charge in [-0.25, -0.2) is 0 Å². The van der Waals surface area contributed by atoms with Crippen LogP contribution in [0.25, 0.3) is 0 Å². The number of amides is 1. The first-order valence-electron chi connectivity index (χ1n) is 7.39. The Balaban J connectivity index is 1.74. The van der Waals surface area contributed by atoms with Gasteiger partial charge in [0.2, 0.25) is 5.91 Å². The molecule has 2 aliphatic rings. The number of carboxylic acid groups (broad SMARTS) is 1. The molecule has 20 heavy (non-hydrogen) atoms. The van der Waals surface area contributed by atoms with E-state index in [0.717, 1.165) is 45.7 Å². The Bertz CT molecular complexity index is 347. The number of aliphatic carboxylic acids is 1. The molecule has 0 aromatic heterocycles. The molecule has 6 heteroatoms. The van der Waals surface area contributed by atoms with Crippen LogP contribution in [0.2, 0.25) is 0 Å². The molecule has 2 fully saturated rings.